The van der Waals surface area contributed by atoms with E-state index >= 15 is 0 Å². The smallest absolute Gasteiger partial charge is 0.227 e. The predicted octanol–water partition coefficient (Wildman–Crippen LogP) is 10.1. The number of hydrogen-bond acceptors (Lipinski definition) is 2. The number of aromatic nitrogens is 3. The number of pyridine rings is 3. The number of aryl methyl sites for hydroxylation is 3. The second kappa shape index (κ2) is 12.2. The molecule has 0 amide bonds. The molecule has 4 aromatic heterocycles. The Morgan fingerprint density at radius 2 is 1.69 bits per heavy atom. The number of furan rings is 1. The highest BCUT2D eigenvalue weighted by Gasteiger charge is 2.38. The van der Waals surface area contributed by atoms with Crippen LogP contribution in [-0.4, -0.2) is 4.98 Å². The van der Waals surface area contributed by atoms with Crippen LogP contribution in [0.1, 0.15) is 60.5 Å². The van der Waals surface area contributed by atoms with E-state index in [0.29, 0.717) is 11.6 Å². The molecule has 2 unspecified atom stereocenters. The Morgan fingerprint density at radius 1 is 0.898 bits per heavy atom. The number of rotatable bonds is 7. The van der Waals surface area contributed by atoms with Gasteiger partial charge in [0.2, 0.25) is 17.1 Å². The molecular formula is C44H40FN3O+2. The molecule has 0 fully saturated rings. The molecule has 0 spiro atoms. The first-order valence-electron chi connectivity index (χ1n) is 17.2. The fraction of sp³-hybridized carbons (Fsp3) is 0.205. The zero-order chi connectivity index (χ0) is 33.8. The highest BCUT2D eigenvalue weighted by molar-refractivity contribution is 6.08. The lowest BCUT2D eigenvalue weighted by atomic mass is 9.78. The van der Waals surface area contributed by atoms with Crippen LogP contribution in [0.5, 0.6) is 0 Å². The minimum absolute atomic E-state index is 0.128. The fourth-order valence-electron chi connectivity index (χ4n) is 7.74. The van der Waals surface area contributed by atoms with E-state index in [4.69, 9.17) is 9.40 Å². The maximum absolute atomic E-state index is 13.7. The Balaban J connectivity index is 1.26. The Morgan fingerprint density at radius 3 is 2.47 bits per heavy atom. The summed E-state index contributed by atoms with van der Waals surface area (Å²) in [4.78, 5) is 4.75. The van der Waals surface area contributed by atoms with Crippen LogP contribution < -0.4 is 9.13 Å². The van der Waals surface area contributed by atoms with E-state index in [-0.39, 0.29) is 17.8 Å². The van der Waals surface area contributed by atoms with Gasteiger partial charge in [-0.15, -0.1) is 0 Å². The van der Waals surface area contributed by atoms with Crippen molar-refractivity contribution >= 4 is 22.1 Å². The predicted molar refractivity (Wildman–Crippen MR) is 195 cm³/mol. The summed E-state index contributed by atoms with van der Waals surface area (Å²) in [5, 5.41) is 2.07. The summed E-state index contributed by atoms with van der Waals surface area (Å²) in [5.74, 6) is 0.441. The number of fused-ring (bicyclic) bond motifs is 6. The van der Waals surface area contributed by atoms with Gasteiger partial charge in [-0.3, -0.25) is 0 Å². The number of halogens is 1. The van der Waals surface area contributed by atoms with Crippen LogP contribution in [0.3, 0.4) is 0 Å². The van der Waals surface area contributed by atoms with E-state index < -0.39 is 0 Å². The number of allylic oxidation sites excluding steroid dienone is 1. The first-order valence-corrected chi connectivity index (χ1v) is 17.2. The van der Waals surface area contributed by atoms with Gasteiger partial charge in [-0.2, -0.15) is 4.57 Å². The molecule has 5 heterocycles. The molecule has 1 aliphatic rings. The second-order valence-corrected chi connectivity index (χ2v) is 13.7. The van der Waals surface area contributed by atoms with Crippen molar-refractivity contribution in [2.75, 3.05) is 0 Å². The van der Waals surface area contributed by atoms with Gasteiger partial charge in [0.15, 0.2) is 24.0 Å². The summed E-state index contributed by atoms with van der Waals surface area (Å²) in [7, 11) is 2.07. The summed E-state index contributed by atoms with van der Waals surface area (Å²) < 4.78 is 24.9. The van der Waals surface area contributed by atoms with Crippen LogP contribution in [0.4, 0.5) is 4.39 Å². The molecule has 8 rings (SSSR count). The SMILES string of the molecule is C=CC1C(CCc2ccc3c(oc4nc(C)ccc43)c2-c2ccc(-c3ccc(F)cc3)c[n+]2C)c2cc(C(C)C)ccc2-c2cccc[n+]21. The van der Waals surface area contributed by atoms with Gasteiger partial charge in [0.1, 0.15) is 12.9 Å². The Labute approximate surface area is 286 Å². The Bertz CT molecular complexity index is 2390. The van der Waals surface area contributed by atoms with Crippen molar-refractivity contribution in [1.29, 1.82) is 0 Å². The maximum atomic E-state index is 13.7. The van der Waals surface area contributed by atoms with Crippen LogP contribution >= 0.6 is 0 Å². The maximum Gasteiger partial charge on any atom is 0.227 e. The minimum atomic E-state index is -0.239. The largest absolute Gasteiger partial charge is 0.437 e. The summed E-state index contributed by atoms with van der Waals surface area (Å²) in [6.07, 6.45) is 8.20. The molecule has 0 bridgehead atoms. The van der Waals surface area contributed by atoms with Gasteiger partial charge < -0.3 is 4.42 Å². The molecule has 0 N–H and O–H groups in total. The van der Waals surface area contributed by atoms with Gasteiger partial charge in [0, 0.05) is 45.8 Å². The first-order chi connectivity index (χ1) is 23.8. The molecule has 0 saturated carbocycles. The number of nitrogens with zero attached hydrogens (tertiary/aromatic N) is 3. The van der Waals surface area contributed by atoms with E-state index in [2.05, 4.69) is 122 Å². The van der Waals surface area contributed by atoms with Crippen molar-refractivity contribution in [1.82, 2.24) is 4.98 Å². The highest BCUT2D eigenvalue weighted by atomic mass is 19.1. The van der Waals surface area contributed by atoms with Crippen molar-refractivity contribution in [3.05, 3.63) is 150 Å². The van der Waals surface area contributed by atoms with Crippen LogP contribution in [0.15, 0.2) is 127 Å². The van der Waals surface area contributed by atoms with E-state index in [9.17, 15) is 4.39 Å². The van der Waals surface area contributed by atoms with Crippen LogP contribution in [0.25, 0.3) is 55.7 Å². The lowest BCUT2D eigenvalue weighted by Crippen LogP contribution is -2.46. The summed E-state index contributed by atoms with van der Waals surface area (Å²) in [6.45, 7) is 10.9. The first kappa shape index (κ1) is 30.9. The zero-order valence-corrected chi connectivity index (χ0v) is 28.5. The lowest BCUT2D eigenvalue weighted by Gasteiger charge is -2.30. The average molecular weight is 646 g/mol. The van der Waals surface area contributed by atoms with Crippen molar-refractivity contribution in [3.63, 3.8) is 0 Å². The Kier molecular flexibility index (Phi) is 7.71. The van der Waals surface area contributed by atoms with Crippen LogP contribution in [0.2, 0.25) is 0 Å². The molecule has 0 aliphatic carbocycles. The molecule has 2 atom stereocenters. The molecule has 3 aromatic carbocycles. The Hall–Kier alpha value is -5.42. The normalized spacial score (nSPS) is 15.5. The van der Waals surface area contributed by atoms with Crippen molar-refractivity contribution < 1.29 is 17.9 Å². The van der Waals surface area contributed by atoms with Gasteiger partial charge >= 0.3 is 0 Å². The quantitative estimate of drug-likeness (QED) is 0.128. The monoisotopic (exact) mass is 645 g/mol. The average Bonchev–Trinajstić information content (AvgIpc) is 3.48. The fourth-order valence-corrected chi connectivity index (χ4v) is 7.74. The third-order valence-electron chi connectivity index (χ3n) is 10.3. The van der Waals surface area contributed by atoms with Crippen LogP contribution in [0, 0.1) is 12.7 Å². The van der Waals surface area contributed by atoms with E-state index in [1.165, 1.54) is 40.1 Å². The topological polar surface area (TPSA) is 33.8 Å². The summed E-state index contributed by atoms with van der Waals surface area (Å²) in [5.41, 5.74) is 13.0. The number of benzene rings is 3. The van der Waals surface area contributed by atoms with Gasteiger partial charge in [0.25, 0.3) is 0 Å². The van der Waals surface area contributed by atoms with Gasteiger partial charge in [-0.25, -0.2) is 13.9 Å². The summed E-state index contributed by atoms with van der Waals surface area (Å²) in [6, 6.07) is 33.2. The molecule has 7 aromatic rings. The summed E-state index contributed by atoms with van der Waals surface area (Å²) >= 11 is 0. The molecule has 4 nitrogen and oxygen atoms in total. The highest BCUT2D eigenvalue weighted by Crippen LogP contribution is 2.44. The molecule has 5 heteroatoms. The molecule has 0 radical (unpaired) electrons. The molecule has 49 heavy (non-hydrogen) atoms. The van der Waals surface area contributed by atoms with Crippen molar-refractivity contribution in [2.45, 2.75) is 51.5 Å². The second-order valence-electron chi connectivity index (χ2n) is 13.7. The molecular weight excluding hydrogens is 606 g/mol. The van der Waals surface area contributed by atoms with Gasteiger partial charge in [-0.1, -0.05) is 56.8 Å². The van der Waals surface area contributed by atoms with Crippen molar-refractivity contribution in [2.24, 2.45) is 7.05 Å². The third-order valence-corrected chi connectivity index (χ3v) is 10.3. The minimum Gasteiger partial charge on any atom is -0.437 e. The van der Waals surface area contributed by atoms with Crippen molar-refractivity contribution in [3.8, 4) is 33.6 Å². The number of hydrogen-bond donors (Lipinski definition) is 0. The third kappa shape index (κ3) is 5.34. The van der Waals surface area contributed by atoms with E-state index in [1.807, 2.05) is 25.1 Å². The van der Waals surface area contributed by atoms with Crippen LogP contribution in [-0.2, 0) is 13.5 Å². The molecule has 0 saturated heterocycles. The molecule has 1 aliphatic heterocycles. The van der Waals surface area contributed by atoms with Gasteiger partial charge in [0.05, 0.1) is 11.5 Å². The van der Waals surface area contributed by atoms with Gasteiger partial charge in [-0.05, 0) is 96.5 Å². The zero-order valence-electron chi connectivity index (χ0n) is 28.5. The molecule has 242 valence electrons. The standard InChI is InChI=1S/C44H40FN3O/c1-6-39-34(38-25-31(27(2)3)15-21-35(38)40-9-7-8-24-48(39)40)20-13-30-14-22-36-37-19-10-28(4)46-44(37)49-43(36)42(30)41-23-16-32(26-47(41)5)29-11-17-33(45)18-12-29/h6-12,14-19,21-27,34,39H,1,13,20H2,2-5H3/q+2. The van der Waals surface area contributed by atoms with E-state index in [0.717, 1.165) is 57.3 Å². The lowest BCUT2D eigenvalue weighted by molar-refractivity contribution is -0.707. The van der Waals surface area contributed by atoms with E-state index in [1.54, 1.807) is 0 Å².